The van der Waals surface area contributed by atoms with E-state index in [9.17, 15) is 0 Å². The second-order valence-corrected chi connectivity index (χ2v) is 5.65. The van der Waals surface area contributed by atoms with Crippen LogP contribution in [0, 0.1) is 17.2 Å². The number of rotatable bonds is 3. The predicted octanol–water partition coefficient (Wildman–Crippen LogP) is 2.72. The van der Waals surface area contributed by atoms with Crippen LogP contribution in [0.2, 0.25) is 0 Å². The molecule has 0 spiro atoms. The van der Waals surface area contributed by atoms with Crippen LogP contribution in [-0.4, -0.2) is 28.3 Å². The van der Waals surface area contributed by atoms with E-state index in [-0.39, 0.29) is 0 Å². The van der Waals surface area contributed by atoms with Gasteiger partial charge in [-0.2, -0.15) is 15.3 Å². The van der Waals surface area contributed by atoms with Crippen LogP contribution in [-0.2, 0) is 0 Å². The average Bonchev–Trinajstić information content (AvgIpc) is 2.55. The quantitative estimate of drug-likeness (QED) is 0.937. The molecule has 1 aliphatic rings. The number of aromatic nitrogens is 3. The van der Waals surface area contributed by atoms with E-state index < -0.39 is 0 Å². The summed E-state index contributed by atoms with van der Waals surface area (Å²) in [4.78, 5) is 6.79. The smallest absolute Gasteiger partial charge is 0.249 e. The highest BCUT2D eigenvalue weighted by Crippen LogP contribution is 2.22. The molecule has 0 saturated carbocycles. The van der Waals surface area contributed by atoms with E-state index in [2.05, 4.69) is 38.4 Å². The number of piperidine rings is 1. The predicted molar refractivity (Wildman–Crippen MR) is 84.9 cm³/mol. The number of nitrogens with zero attached hydrogens (tertiary/aromatic N) is 5. The third-order valence-electron chi connectivity index (χ3n) is 3.77. The lowest BCUT2D eigenvalue weighted by atomic mass is 10.0. The molecule has 1 unspecified atom stereocenters. The summed E-state index contributed by atoms with van der Waals surface area (Å²) >= 11 is 0. The van der Waals surface area contributed by atoms with Gasteiger partial charge >= 0.3 is 0 Å². The summed E-state index contributed by atoms with van der Waals surface area (Å²) in [5, 5.41) is 20.1. The van der Waals surface area contributed by atoms with E-state index >= 15 is 0 Å². The minimum absolute atomic E-state index is 0.450. The fourth-order valence-electron chi connectivity index (χ4n) is 2.69. The highest BCUT2D eigenvalue weighted by Gasteiger charge is 2.18. The number of hydrogen-bond acceptors (Lipinski definition) is 6. The molecule has 22 heavy (non-hydrogen) atoms. The second kappa shape index (κ2) is 6.39. The van der Waals surface area contributed by atoms with Crippen LogP contribution in [0.3, 0.4) is 0 Å². The van der Waals surface area contributed by atoms with E-state index in [0.29, 0.717) is 17.4 Å². The van der Waals surface area contributed by atoms with Gasteiger partial charge in [0.2, 0.25) is 5.95 Å². The lowest BCUT2D eigenvalue weighted by Gasteiger charge is -2.31. The van der Waals surface area contributed by atoms with Gasteiger partial charge in [-0.15, -0.1) is 5.10 Å². The van der Waals surface area contributed by atoms with Gasteiger partial charge in [0.05, 0.1) is 17.8 Å². The Morgan fingerprint density at radius 3 is 3.14 bits per heavy atom. The summed E-state index contributed by atoms with van der Waals surface area (Å²) in [6, 6.07) is 9.34. The normalized spacial score (nSPS) is 17.8. The van der Waals surface area contributed by atoms with Crippen molar-refractivity contribution < 1.29 is 0 Å². The van der Waals surface area contributed by atoms with Crippen LogP contribution in [0.1, 0.15) is 25.3 Å². The molecule has 6 heteroatoms. The Morgan fingerprint density at radius 1 is 1.41 bits per heavy atom. The molecule has 1 aromatic carbocycles. The fourth-order valence-corrected chi connectivity index (χ4v) is 2.69. The molecule has 0 bridgehead atoms. The zero-order valence-electron chi connectivity index (χ0n) is 12.5. The van der Waals surface area contributed by atoms with E-state index in [1.807, 2.05) is 12.1 Å². The van der Waals surface area contributed by atoms with Crippen LogP contribution in [0.4, 0.5) is 17.5 Å². The number of nitrogens with one attached hydrogen (secondary N) is 1. The van der Waals surface area contributed by atoms with Gasteiger partial charge in [0.15, 0.2) is 5.82 Å². The molecule has 1 aromatic heterocycles. The topological polar surface area (TPSA) is 77.7 Å². The van der Waals surface area contributed by atoms with Gasteiger partial charge in [-0.3, -0.25) is 0 Å². The zero-order chi connectivity index (χ0) is 15.4. The Balaban J connectivity index is 1.77. The second-order valence-electron chi connectivity index (χ2n) is 5.65. The lowest BCUT2D eigenvalue weighted by molar-refractivity contribution is 0.444. The number of anilines is 3. The van der Waals surface area contributed by atoms with Gasteiger partial charge in [-0.05, 0) is 37.0 Å². The summed E-state index contributed by atoms with van der Waals surface area (Å²) in [5.74, 6) is 1.97. The Hall–Kier alpha value is -2.68. The van der Waals surface area contributed by atoms with Crippen molar-refractivity contribution in [3.63, 3.8) is 0 Å². The van der Waals surface area contributed by atoms with Crippen LogP contribution >= 0.6 is 0 Å². The molecule has 0 aliphatic carbocycles. The van der Waals surface area contributed by atoms with Crippen LogP contribution in [0.15, 0.2) is 30.5 Å². The van der Waals surface area contributed by atoms with E-state index in [4.69, 9.17) is 5.26 Å². The minimum atomic E-state index is 0.450. The molecule has 1 atom stereocenters. The molecule has 112 valence electrons. The molecule has 6 nitrogen and oxygen atoms in total. The molecule has 0 amide bonds. The van der Waals surface area contributed by atoms with Gasteiger partial charge in [-0.1, -0.05) is 13.0 Å². The molecular weight excluding hydrogens is 276 g/mol. The average molecular weight is 294 g/mol. The Labute approximate surface area is 129 Å². The van der Waals surface area contributed by atoms with Crippen molar-refractivity contribution >= 4 is 17.5 Å². The molecular formula is C16H18N6. The maximum absolute atomic E-state index is 8.94. The molecule has 1 fully saturated rings. The molecule has 0 radical (unpaired) electrons. The first-order chi connectivity index (χ1) is 10.7. The Kier molecular flexibility index (Phi) is 4.15. The van der Waals surface area contributed by atoms with Crippen molar-refractivity contribution in [2.75, 3.05) is 23.3 Å². The van der Waals surface area contributed by atoms with Crippen LogP contribution in [0.25, 0.3) is 0 Å². The van der Waals surface area contributed by atoms with Crippen molar-refractivity contribution in [1.29, 1.82) is 5.26 Å². The summed E-state index contributed by atoms with van der Waals surface area (Å²) in [7, 11) is 0. The van der Waals surface area contributed by atoms with Crippen LogP contribution in [0.5, 0.6) is 0 Å². The number of hydrogen-bond donors (Lipinski definition) is 1. The minimum Gasteiger partial charge on any atom is -0.355 e. The Morgan fingerprint density at radius 2 is 2.32 bits per heavy atom. The molecule has 3 rings (SSSR count). The van der Waals surface area contributed by atoms with Crippen molar-refractivity contribution in [3.05, 3.63) is 36.0 Å². The van der Waals surface area contributed by atoms with Gasteiger partial charge in [0.1, 0.15) is 0 Å². The standard InChI is InChI=1S/C16H18N6/c1-12-4-3-7-22(11-12)15-10-18-21-16(20-15)19-14-6-2-5-13(8-14)9-17/h2,5-6,8,10,12H,3-4,7,11H2,1H3,(H,19,20,21). The summed E-state index contributed by atoms with van der Waals surface area (Å²) in [6.07, 6.45) is 4.15. The molecule has 1 aliphatic heterocycles. The monoisotopic (exact) mass is 294 g/mol. The summed E-state index contributed by atoms with van der Waals surface area (Å²) < 4.78 is 0. The SMILES string of the molecule is CC1CCCN(c2cnnc(Nc3cccc(C#N)c3)n2)C1. The third kappa shape index (κ3) is 3.31. The molecule has 1 saturated heterocycles. The van der Waals surface area contributed by atoms with Crippen molar-refractivity contribution in [3.8, 4) is 6.07 Å². The zero-order valence-corrected chi connectivity index (χ0v) is 12.5. The van der Waals surface area contributed by atoms with Crippen molar-refractivity contribution in [2.45, 2.75) is 19.8 Å². The maximum atomic E-state index is 8.94. The van der Waals surface area contributed by atoms with E-state index in [1.165, 1.54) is 12.8 Å². The Bertz CT molecular complexity index is 693. The first kappa shape index (κ1) is 14.3. The number of nitriles is 1. The van der Waals surface area contributed by atoms with Gasteiger partial charge < -0.3 is 10.2 Å². The summed E-state index contributed by atoms with van der Waals surface area (Å²) in [6.45, 7) is 4.27. The highest BCUT2D eigenvalue weighted by atomic mass is 15.3. The largest absolute Gasteiger partial charge is 0.355 e. The van der Waals surface area contributed by atoms with Gasteiger partial charge in [0.25, 0.3) is 0 Å². The first-order valence-electron chi connectivity index (χ1n) is 7.46. The van der Waals surface area contributed by atoms with Gasteiger partial charge in [-0.25, -0.2) is 0 Å². The van der Waals surface area contributed by atoms with E-state index in [0.717, 1.165) is 24.6 Å². The number of benzene rings is 1. The third-order valence-corrected chi connectivity index (χ3v) is 3.77. The van der Waals surface area contributed by atoms with Crippen molar-refractivity contribution in [2.24, 2.45) is 5.92 Å². The maximum Gasteiger partial charge on any atom is 0.249 e. The first-order valence-corrected chi connectivity index (χ1v) is 7.46. The van der Waals surface area contributed by atoms with E-state index in [1.54, 1.807) is 18.3 Å². The molecule has 1 N–H and O–H groups in total. The fraction of sp³-hybridized carbons (Fsp3) is 0.375. The molecule has 2 aromatic rings. The lowest BCUT2D eigenvalue weighted by Crippen LogP contribution is -2.35. The van der Waals surface area contributed by atoms with Crippen molar-refractivity contribution in [1.82, 2.24) is 15.2 Å². The van der Waals surface area contributed by atoms with Gasteiger partial charge in [0, 0.05) is 18.8 Å². The van der Waals surface area contributed by atoms with Crippen LogP contribution < -0.4 is 10.2 Å². The summed E-state index contributed by atoms with van der Waals surface area (Å²) in [5.41, 5.74) is 1.38. The highest BCUT2D eigenvalue weighted by molar-refractivity contribution is 5.57. The molecule has 2 heterocycles.